The van der Waals surface area contributed by atoms with Crippen molar-refractivity contribution in [3.8, 4) is 0 Å². The lowest BCUT2D eigenvalue weighted by molar-refractivity contribution is -0.130. The fourth-order valence-corrected chi connectivity index (χ4v) is 3.83. The number of imidazole rings is 1. The number of amides is 1. The maximum Gasteiger partial charge on any atom is 0.231 e. The number of ether oxygens (including phenoxy) is 1. The van der Waals surface area contributed by atoms with E-state index in [9.17, 15) is 9.18 Å². The summed E-state index contributed by atoms with van der Waals surface area (Å²) < 4.78 is 20.8. The van der Waals surface area contributed by atoms with Gasteiger partial charge in [0.1, 0.15) is 11.6 Å². The Morgan fingerprint density at radius 3 is 2.70 bits per heavy atom. The van der Waals surface area contributed by atoms with Crippen molar-refractivity contribution in [2.45, 2.75) is 24.8 Å². The van der Waals surface area contributed by atoms with Crippen LogP contribution in [0.3, 0.4) is 0 Å². The largest absolute Gasteiger partial charge is 0.381 e. The molecular weight excluding hydrogens is 345 g/mol. The molecule has 1 N–H and O–H groups in total. The third kappa shape index (κ3) is 3.21. The number of hydrogen-bond acceptors (Lipinski definition) is 3. The van der Waals surface area contributed by atoms with E-state index in [1.165, 1.54) is 12.1 Å². The standard InChI is InChI=1S/C21H22FN3O2/c1-25-18-8-7-16(22)13-17(18)24-19(25)14-23-20(26)21(9-11-27-12-10-21)15-5-3-2-4-6-15/h2-8,13H,9-12,14H2,1H3,(H,23,26). The maximum absolute atomic E-state index is 13.4. The van der Waals surface area contributed by atoms with Crippen LogP contribution < -0.4 is 5.32 Å². The topological polar surface area (TPSA) is 56.2 Å². The summed E-state index contributed by atoms with van der Waals surface area (Å²) in [5, 5.41) is 3.05. The monoisotopic (exact) mass is 367 g/mol. The first kappa shape index (κ1) is 17.7. The summed E-state index contributed by atoms with van der Waals surface area (Å²) in [7, 11) is 1.87. The Hall–Kier alpha value is -2.73. The minimum Gasteiger partial charge on any atom is -0.381 e. The van der Waals surface area contributed by atoms with Crippen LogP contribution in [0.25, 0.3) is 11.0 Å². The second kappa shape index (κ2) is 7.12. The van der Waals surface area contributed by atoms with Crippen molar-refractivity contribution in [3.05, 3.63) is 65.7 Å². The molecule has 4 rings (SSSR count). The highest BCUT2D eigenvalue weighted by atomic mass is 19.1. The molecule has 1 fully saturated rings. The second-order valence-electron chi connectivity index (χ2n) is 6.96. The van der Waals surface area contributed by atoms with Gasteiger partial charge in [-0.05, 0) is 30.5 Å². The molecule has 1 aromatic heterocycles. The second-order valence-corrected chi connectivity index (χ2v) is 6.96. The van der Waals surface area contributed by atoms with E-state index in [0.29, 0.717) is 43.9 Å². The molecule has 0 aliphatic carbocycles. The predicted molar refractivity (Wildman–Crippen MR) is 101 cm³/mol. The number of nitrogens with zero attached hydrogens (tertiary/aromatic N) is 2. The van der Waals surface area contributed by atoms with E-state index in [-0.39, 0.29) is 11.7 Å². The van der Waals surface area contributed by atoms with Gasteiger partial charge >= 0.3 is 0 Å². The SMILES string of the molecule is Cn1c(CNC(=O)C2(c3ccccc3)CCOCC2)nc2cc(F)ccc21. The summed E-state index contributed by atoms with van der Waals surface area (Å²) in [4.78, 5) is 17.7. The highest BCUT2D eigenvalue weighted by Crippen LogP contribution is 2.35. The predicted octanol–water partition coefficient (Wildman–Crippen LogP) is 3.08. The van der Waals surface area contributed by atoms with Crippen LogP contribution in [0.15, 0.2) is 48.5 Å². The molecule has 1 aliphatic heterocycles. The summed E-state index contributed by atoms with van der Waals surface area (Å²) in [6, 6.07) is 14.4. The molecule has 0 radical (unpaired) electrons. The Balaban J connectivity index is 1.58. The molecule has 3 aromatic rings. The van der Waals surface area contributed by atoms with Gasteiger partial charge in [0.2, 0.25) is 5.91 Å². The molecule has 2 aromatic carbocycles. The molecule has 0 unspecified atom stereocenters. The van der Waals surface area contributed by atoms with Gasteiger partial charge in [-0.3, -0.25) is 4.79 Å². The highest BCUT2D eigenvalue weighted by molar-refractivity contribution is 5.88. The molecule has 0 atom stereocenters. The van der Waals surface area contributed by atoms with Crippen molar-refractivity contribution in [1.82, 2.24) is 14.9 Å². The fourth-order valence-electron chi connectivity index (χ4n) is 3.83. The van der Waals surface area contributed by atoms with E-state index in [1.54, 1.807) is 6.07 Å². The minimum atomic E-state index is -0.587. The average molecular weight is 367 g/mol. The molecule has 1 amide bonds. The highest BCUT2D eigenvalue weighted by Gasteiger charge is 2.41. The van der Waals surface area contributed by atoms with Crippen molar-refractivity contribution in [1.29, 1.82) is 0 Å². The van der Waals surface area contributed by atoms with E-state index in [1.807, 2.05) is 41.9 Å². The van der Waals surface area contributed by atoms with Crippen molar-refractivity contribution in [2.24, 2.45) is 7.05 Å². The van der Waals surface area contributed by atoms with Gasteiger partial charge in [-0.2, -0.15) is 0 Å². The summed E-state index contributed by atoms with van der Waals surface area (Å²) in [6.45, 7) is 1.42. The number of carbonyl (C=O) groups excluding carboxylic acids is 1. The Morgan fingerprint density at radius 1 is 1.22 bits per heavy atom. The van der Waals surface area contributed by atoms with Crippen LogP contribution in [0.5, 0.6) is 0 Å². The number of benzene rings is 2. The molecule has 27 heavy (non-hydrogen) atoms. The quantitative estimate of drug-likeness (QED) is 0.771. The maximum atomic E-state index is 13.4. The van der Waals surface area contributed by atoms with Crippen molar-refractivity contribution in [3.63, 3.8) is 0 Å². The summed E-state index contributed by atoms with van der Waals surface area (Å²) >= 11 is 0. The van der Waals surface area contributed by atoms with Gasteiger partial charge < -0.3 is 14.6 Å². The number of aromatic nitrogens is 2. The van der Waals surface area contributed by atoms with Gasteiger partial charge in [-0.15, -0.1) is 0 Å². The number of aryl methyl sites for hydroxylation is 1. The Labute approximate surface area is 157 Å². The van der Waals surface area contributed by atoms with E-state index < -0.39 is 5.41 Å². The van der Waals surface area contributed by atoms with Crippen LogP contribution in [-0.4, -0.2) is 28.7 Å². The van der Waals surface area contributed by atoms with Gasteiger partial charge in [0.15, 0.2) is 0 Å². The zero-order valence-corrected chi connectivity index (χ0v) is 15.2. The molecule has 0 bridgehead atoms. The van der Waals surface area contributed by atoms with Crippen LogP contribution in [0, 0.1) is 5.82 Å². The molecule has 5 nitrogen and oxygen atoms in total. The van der Waals surface area contributed by atoms with Gasteiger partial charge in [0.25, 0.3) is 0 Å². The summed E-state index contributed by atoms with van der Waals surface area (Å²) in [5.41, 5.74) is 1.85. The Morgan fingerprint density at radius 2 is 1.96 bits per heavy atom. The number of rotatable bonds is 4. The van der Waals surface area contributed by atoms with Crippen molar-refractivity contribution < 1.29 is 13.9 Å². The molecule has 0 spiro atoms. The fraction of sp³-hybridized carbons (Fsp3) is 0.333. The molecular formula is C21H22FN3O2. The lowest BCUT2D eigenvalue weighted by Crippen LogP contribution is -2.48. The van der Waals surface area contributed by atoms with E-state index in [0.717, 1.165) is 11.1 Å². The minimum absolute atomic E-state index is 0.0183. The Kier molecular flexibility index (Phi) is 4.66. The smallest absolute Gasteiger partial charge is 0.231 e. The Bertz CT molecular complexity index is 962. The van der Waals surface area contributed by atoms with Crippen LogP contribution >= 0.6 is 0 Å². The number of carbonyl (C=O) groups is 1. The first-order chi connectivity index (χ1) is 13.1. The lowest BCUT2D eigenvalue weighted by Gasteiger charge is -2.36. The van der Waals surface area contributed by atoms with Crippen molar-refractivity contribution >= 4 is 16.9 Å². The normalized spacial score (nSPS) is 16.4. The van der Waals surface area contributed by atoms with Crippen LogP contribution in [0.4, 0.5) is 4.39 Å². The summed E-state index contributed by atoms with van der Waals surface area (Å²) in [5.74, 6) is 0.357. The third-order valence-corrected chi connectivity index (χ3v) is 5.45. The average Bonchev–Trinajstić information content (AvgIpc) is 3.02. The van der Waals surface area contributed by atoms with Crippen LogP contribution in [-0.2, 0) is 28.5 Å². The first-order valence-corrected chi connectivity index (χ1v) is 9.13. The molecule has 0 saturated carbocycles. The number of nitrogens with one attached hydrogen (secondary N) is 1. The molecule has 2 heterocycles. The van der Waals surface area contributed by atoms with Crippen LogP contribution in [0.2, 0.25) is 0 Å². The first-order valence-electron chi connectivity index (χ1n) is 9.13. The van der Waals surface area contributed by atoms with Gasteiger partial charge in [0.05, 0.1) is 23.0 Å². The number of hydrogen-bond donors (Lipinski definition) is 1. The van der Waals surface area contributed by atoms with E-state index in [4.69, 9.17) is 4.74 Å². The molecule has 6 heteroatoms. The van der Waals surface area contributed by atoms with Gasteiger partial charge in [-0.1, -0.05) is 30.3 Å². The van der Waals surface area contributed by atoms with E-state index >= 15 is 0 Å². The molecule has 1 aliphatic rings. The zero-order valence-electron chi connectivity index (χ0n) is 15.2. The van der Waals surface area contributed by atoms with Gasteiger partial charge in [0, 0.05) is 26.3 Å². The number of fused-ring (bicyclic) bond motifs is 1. The van der Waals surface area contributed by atoms with E-state index in [2.05, 4.69) is 10.3 Å². The third-order valence-electron chi connectivity index (χ3n) is 5.45. The lowest BCUT2D eigenvalue weighted by atomic mass is 9.73. The molecule has 140 valence electrons. The molecule has 1 saturated heterocycles. The zero-order chi connectivity index (χ0) is 18.9. The van der Waals surface area contributed by atoms with Crippen molar-refractivity contribution in [2.75, 3.05) is 13.2 Å². The van der Waals surface area contributed by atoms with Crippen LogP contribution in [0.1, 0.15) is 24.2 Å². The number of halogens is 1. The summed E-state index contributed by atoms with van der Waals surface area (Å²) in [6.07, 6.45) is 1.30. The van der Waals surface area contributed by atoms with Gasteiger partial charge in [-0.25, -0.2) is 9.37 Å².